The fourth-order valence-corrected chi connectivity index (χ4v) is 5.00. The largest absolute Gasteiger partial charge is 0.416 e. The standard InChI is InChI=1S/C25H27F6N3O3/c1-3-19(16-7-6-15(24(26,27)28)11-18(16)25(29,30)31)32-22(35)17-12-20(34-9-10-37-13-21(17)34)23(36)33-8-4-5-14(33)2/h6-7,11-12,14,19H,3-5,8-10,13H2,1-2H3,(H,32,35)/t14-,19+/m0/s1. The van der Waals surface area contributed by atoms with Crippen molar-refractivity contribution in [2.45, 2.75) is 70.7 Å². The van der Waals surface area contributed by atoms with Gasteiger partial charge in [-0.3, -0.25) is 9.59 Å². The van der Waals surface area contributed by atoms with Gasteiger partial charge in [-0.15, -0.1) is 0 Å². The number of alkyl halides is 6. The van der Waals surface area contributed by atoms with Crippen molar-refractivity contribution in [3.63, 3.8) is 0 Å². The van der Waals surface area contributed by atoms with Gasteiger partial charge in [0.25, 0.3) is 11.8 Å². The molecule has 2 amide bonds. The summed E-state index contributed by atoms with van der Waals surface area (Å²) < 4.78 is 87.6. The van der Waals surface area contributed by atoms with E-state index in [4.69, 9.17) is 4.74 Å². The van der Waals surface area contributed by atoms with Gasteiger partial charge in [-0.25, -0.2) is 0 Å². The van der Waals surface area contributed by atoms with Crippen LogP contribution in [0.25, 0.3) is 0 Å². The zero-order valence-electron chi connectivity index (χ0n) is 20.3. The van der Waals surface area contributed by atoms with E-state index in [-0.39, 0.29) is 36.6 Å². The summed E-state index contributed by atoms with van der Waals surface area (Å²) in [6, 6.07) is 1.64. The lowest BCUT2D eigenvalue weighted by atomic mass is 9.95. The van der Waals surface area contributed by atoms with E-state index >= 15 is 0 Å². The molecule has 1 saturated heterocycles. The number of nitrogens with zero attached hydrogens (tertiary/aromatic N) is 2. The van der Waals surface area contributed by atoms with Crippen molar-refractivity contribution in [2.75, 3.05) is 13.2 Å². The Morgan fingerprint density at radius 2 is 1.84 bits per heavy atom. The van der Waals surface area contributed by atoms with Gasteiger partial charge >= 0.3 is 12.4 Å². The summed E-state index contributed by atoms with van der Waals surface area (Å²) >= 11 is 0. The van der Waals surface area contributed by atoms with Crippen molar-refractivity contribution in [1.82, 2.24) is 14.8 Å². The first-order chi connectivity index (χ1) is 17.3. The number of ether oxygens (including phenoxy) is 1. The number of halogens is 6. The van der Waals surface area contributed by atoms with Crippen LogP contribution in [0.15, 0.2) is 24.3 Å². The predicted octanol–water partition coefficient (Wildman–Crippen LogP) is 5.56. The van der Waals surface area contributed by atoms with Gasteiger partial charge in [-0.05, 0) is 49.9 Å². The third kappa shape index (κ3) is 5.34. The van der Waals surface area contributed by atoms with Crippen LogP contribution >= 0.6 is 0 Å². The van der Waals surface area contributed by atoms with Crippen molar-refractivity contribution in [3.05, 3.63) is 57.9 Å². The van der Waals surface area contributed by atoms with Crippen molar-refractivity contribution in [1.29, 1.82) is 0 Å². The normalized spacial score (nSPS) is 19.0. The number of hydrogen-bond donors (Lipinski definition) is 1. The molecule has 0 radical (unpaired) electrons. The summed E-state index contributed by atoms with van der Waals surface area (Å²) in [6.45, 7) is 4.75. The molecule has 0 bridgehead atoms. The molecule has 202 valence electrons. The Morgan fingerprint density at radius 1 is 1.11 bits per heavy atom. The van der Waals surface area contributed by atoms with E-state index < -0.39 is 41.0 Å². The first-order valence-electron chi connectivity index (χ1n) is 12.0. The highest BCUT2D eigenvalue weighted by molar-refractivity contribution is 6.01. The molecule has 6 nitrogen and oxygen atoms in total. The molecule has 4 rings (SSSR count). The second kappa shape index (κ2) is 10.0. The van der Waals surface area contributed by atoms with Crippen molar-refractivity contribution in [2.24, 2.45) is 0 Å². The van der Waals surface area contributed by atoms with Gasteiger partial charge in [0.15, 0.2) is 0 Å². The highest BCUT2D eigenvalue weighted by Crippen LogP contribution is 2.40. The molecule has 12 heteroatoms. The molecule has 1 N–H and O–H groups in total. The van der Waals surface area contributed by atoms with Crippen LogP contribution in [0.5, 0.6) is 0 Å². The zero-order chi connectivity index (χ0) is 27.1. The number of amides is 2. The number of rotatable bonds is 5. The van der Waals surface area contributed by atoms with Gasteiger partial charge in [0.1, 0.15) is 5.69 Å². The summed E-state index contributed by atoms with van der Waals surface area (Å²) in [5.74, 6) is -0.969. The van der Waals surface area contributed by atoms with Crippen LogP contribution in [0.1, 0.15) is 82.4 Å². The number of aromatic nitrogens is 1. The predicted molar refractivity (Wildman–Crippen MR) is 121 cm³/mol. The molecule has 2 atom stereocenters. The molecule has 0 saturated carbocycles. The molecule has 2 aromatic rings. The van der Waals surface area contributed by atoms with Crippen molar-refractivity contribution >= 4 is 11.8 Å². The number of carbonyl (C=O) groups excluding carboxylic acids is 2. The SMILES string of the molecule is CC[C@@H](NC(=O)c1cc(C(=O)N2CCC[C@@H]2C)n2c1COCC2)c1ccc(C(F)(F)F)cc1C(F)(F)F. The Labute approximate surface area is 209 Å². The molecule has 2 aliphatic heterocycles. The van der Waals surface area contributed by atoms with Gasteiger partial charge in [-0.1, -0.05) is 13.0 Å². The molecule has 1 aromatic heterocycles. The van der Waals surface area contributed by atoms with Gasteiger partial charge in [0, 0.05) is 19.1 Å². The highest BCUT2D eigenvalue weighted by Gasteiger charge is 2.40. The Balaban J connectivity index is 1.67. The first kappa shape index (κ1) is 27.0. The van der Waals surface area contributed by atoms with E-state index in [2.05, 4.69) is 5.32 Å². The second-order valence-electron chi connectivity index (χ2n) is 9.32. The molecule has 3 heterocycles. The van der Waals surface area contributed by atoms with Gasteiger partial charge in [-0.2, -0.15) is 26.3 Å². The minimum Gasteiger partial charge on any atom is -0.373 e. The minimum absolute atomic E-state index is 0.0101. The molecule has 37 heavy (non-hydrogen) atoms. The highest BCUT2D eigenvalue weighted by atomic mass is 19.4. The van der Waals surface area contributed by atoms with E-state index in [1.807, 2.05) is 6.92 Å². The lowest BCUT2D eigenvalue weighted by Crippen LogP contribution is -2.35. The van der Waals surface area contributed by atoms with Gasteiger partial charge in [0.2, 0.25) is 0 Å². The van der Waals surface area contributed by atoms with Crippen LogP contribution < -0.4 is 5.32 Å². The topological polar surface area (TPSA) is 63.6 Å². The van der Waals surface area contributed by atoms with E-state index in [1.54, 1.807) is 9.47 Å². The fourth-order valence-electron chi connectivity index (χ4n) is 5.00. The Bertz CT molecular complexity index is 1190. The summed E-state index contributed by atoms with van der Waals surface area (Å²) in [7, 11) is 0. The molecular weight excluding hydrogens is 504 g/mol. The molecule has 0 aliphatic carbocycles. The van der Waals surface area contributed by atoms with Crippen LogP contribution in [-0.4, -0.2) is 40.5 Å². The lowest BCUT2D eigenvalue weighted by Gasteiger charge is -2.24. The maximum absolute atomic E-state index is 13.7. The first-order valence-corrected chi connectivity index (χ1v) is 12.0. The maximum Gasteiger partial charge on any atom is 0.416 e. The molecule has 0 unspecified atom stereocenters. The van der Waals surface area contributed by atoms with E-state index in [0.29, 0.717) is 37.2 Å². The van der Waals surface area contributed by atoms with E-state index in [1.165, 1.54) is 13.0 Å². The summed E-state index contributed by atoms with van der Waals surface area (Å²) in [6.07, 6.45) is -8.30. The van der Waals surface area contributed by atoms with Crippen LogP contribution in [-0.2, 0) is 30.2 Å². The van der Waals surface area contributed by atoms with Crippen LogP contribution in [0, 0.1) is 0 Å². The number of benzene rings is 1. The molecule has 1 fully saturated rings. The Hall–Kier alpha value is -3.02. The summed E-state index contributed by atoms with van der Waals surface area (Å²) in [5.41, 5.74) is -2.54. The third-order valence-corrected chi connectivity index (χ3v) is 6.96. The molecule has 0 spiro atoms. The number of nitrogens with one attached hydrogen (secondary N) is 1. The van der Waals surface area contributed by atoms with E-state index in [9.17, 15) is 35.9 Å². The zero-order valence-corrected chi connectivity index (χ0v) is 20.3. The monoisotopic (exact) mass is 531 g/mol. The Kier molecular flexibility index (Phi) is 7.33. The van der Waals surface area contributed by atoms with Crippen LogP contribution in [0.3, 0.4) is 0 Å². The summed E-state index contributed by atoms with van der Waals surface area (Å²) in [5, 5.41) is 2.54. The average Bonchev–Trinajstić information content (AvgIpc) is 3.44. The fraction of sp³-hybridized carbons (Fsp3) is 0.520. The number of likely N-dealkylation sites (tertiary alicyclic amines) is 1. The second-order valence-corrected chi connectivity index (χ2v) is 9.32. The van der Waals surface area contributed by atoms with Crippen molar-refractivity contribution < 1.29 is 40.7 Å². The minimum atomic E-state index is -5.07. The molecule has 1 aromatic carbocycles. The maximum atomic E-state index is 13.7. The number of fused-ring (bicyclic) bond motifs is 1. The van der Waals surface area contributed by atoms with Gasteiger partial charge in [0.05, 0.1) is 41.6 Å². The molecular formula is C25H27F6N3O3. The third-order valence-electron chi connectivity index (χ3n) is 6.96. The smallest absolute Gasteiger partial charge is 0.373 e. The number of hydrogen-bond acceptors (Lipinski definition) is 3. The Morgan fingerprint density at radius 3 is 2.43 bits per heavy atom. The van der Waals surface area contributed by atoms with Crippen LogP contribution in [0.4, 0.5) is 26.3 Å². The number of carbonyl (C=O) groups is 2. The molecule has 2 aliphatic rings. The van der Waals surface area contributed by atoms with Crippen molar-refractivity contribution in [3.8, 4) is 0 Å². The van der Waals surface area contributed by atoms with E-state index in [0.717, 1.165) is 18.9 Å². The average molecular weight is 531 g/mol. The quantitative estimate of drug-likeness (QED) is 0.514. The summed E-state index contributed by atoms with van der Waals surface area (Å²) in [4.78, 5) is 28.3. The lowest BCUT2D eigenvalue weighted by molar-refractivity contribution is -0.143. The van der Waals surface area contributed by atoms with Gasteiger partial charge < -0.3 is 19.5 Å². The van der Waals surface area contributed by atoms with Crippen LogP contribution in [0.2, 0.25) is 0 Å².